The number of aryl methyl sites for hydroxylation is 1. The highest BCUT2D eigenvalue weighted by Crippen LogP contribution is 2.25. The molecule has 0 radical (unpaired) electrons. The molecule has 0 saturated heterocycles. The van der Waals surface area contributed by atoms with Crippen molar-refractivity contribution in [2.75, 3.05) is 25.4 Å². The molecule has 0 aromatic heterocycles. The van der Waals surface area contributed by atoms with Crippen LogP contribution < -0.4 is 5.73 Å². The second-order valence-electron chi connectivity index (χ2n) is 4.24. The lowest BCUT2D eigenvalue weighted by Gasteiger charge is -2.29. The second kappa shape index (κ2) is 4.21. The number of benzene rings is 1. The molecule has 3 heteroatoms. The van der Waals surface area contributed by atoms with Crippen LogP contribution >= 0.6 is 0 Å². The Hall–Kier alpha value is -1.06. The van der Waals surface area contributed by atoms with Crippen LogP contribution in [0.4, 0.5) is 5.69 Å². The van der Waals surface area contributed by atoms with Crippen LogP contribution in [-0.4, -0.2) is 29.7 Å². The molecule has 0 bridgehead atoms. The van der Waals surface area contributed by atoms with Gasteiger partial charge in [-0.3, -0.25) is 4.90 Å². The maximum absolute atomic E-state index is 8.91. The van der Waals surface area contributed by atoms with E-state index < -0.39 is 0 Å². The van der Waals surface area contributed by atoms with Crippen molar-refractivity contribution in [2.24, 2.45) is 0 Å². The Bertz CT molecular complexity index is 363. The lowest BCUT2D eigenvalue weighted by atomic mass is 9.96. The second-order valence-corrected chi connectivity index (χ2v) is 4.24. The van der Waals surface area contributed by atoms with E-state index >= 15 is 0 Å². The van der Waals surface area contributed by atoms with Gasteiger partial charge in [0.15, 0.2) is 0 Å². The zero-order chi connectivity index (χ0) is 10.8. The maximum Gasteiger partial charge on any atom is 0.0558 e. The van der Waals surface area contributed by atoms with E-state index in [4.69, 9.17) is 10.8 Å². The SMILES string of the molecule is Cc1cc(N)c2c(c1)CN(CCO)CC2. The molecule has 1 aliphatic rings. The van der Waals surface area contributed by atoms with Crippen molar-refractivity contribution in [3.8, 4) is 0 Å². The van der Waals surface area contributed by atoms with Gasteiger partial charge in [-0.05, 0) is 36.1 Å². The third-order valence-electron chi connectivity index (χ3n) is 3.01. The van der Waals surface area contributed by atoms with Gasteiger partial charge in [0.1, 0.15) is 0 Å². The van der Waals surface area contributed by atoms with Gasteiger partial charge in [0.05, 0.1) is 6.61 Å². The Labute approximate surface area is 90.5 Å². The average Bonchev–Trinajstić information content (AvgIpc) is 2.17. The summed E-state index contributed by atoms with van der Waals surface area (Å²) < 4.78 is 0. The number of aliphatic hydroxyl groups is 1. The van der Waals surface area contributed by atoms with Crippen LogP contribution in [0.25, 0.3) is 0 Å². The minimum absolute atomic E-state index is 0.233. The summed E-state index contributed by atoms with van der Waals surface area (Å²) in [7, 11) is 0. The first-order chi connectivity index (χ1) is 7.20. The molecule has 1 heterocycles. The van der Waals surface area contributed by atoms with E-state index in [2.05, 4.69) is 17.9 Å². The van der Waals surface area contributed by atoms with E-state index in [1.165, 1.54) is 16.7 Å². The average molecular weight is 206 g/mol. The first kappa shape index (κ1) is 10.5. The molecule has 0 atom stereocenters. The van der Waals surface area contributed by atoms with E-state index in [9.17, 15) is 0 Å². The van der Waals surface area contributed by atoms with Crippen molar-refractivity contribution in [3.05, 3.63) is 28.8 Å². The molecule has 0 aliphatic carbocycles. The van der Waals surface area contributed by atoms with Crippen LogP contribution in [0.5, 0.6) is 0 Å². The van der Waals surface area contributed by atoms with E-state index in [0.717, 1.165) is 31.7 Å². The van der Waals surface area contributed by atoms with Crippen molar-refractivity contribution < 1.29 is 5.11 Å². The smallest absolute Gasteiger partial charge is 0.0558 e. The summed E-state index contributed by atoms with van der Waals surface area (Å²) in [5, 5.41) is 8.91. The number of anilines is 1. The minimum Gasteiger partial charge on any atom is -0.398 e. The fraction of sp³-hybridized carbons (Fsp3) is 0.500. The Morgan fingerprint density at radius 2 is 2.27 bits per heavy atom. The number of nitrogen functional groups attached to an aromatic ring is 1. The van der Waals surface area contributed by atoms with E-state index in [1.807, 2.05) is 6.07 Å². The summed E-state index contributed by atoms with van der Waals surface area (Å²) in [4.78, 5) is 2.27. The number of fused-ring (bicyclic) bond motifs is 1. The van der Waals surface area contributed by atoms with Crippen molar-refractivity contribution in [1.29, 1.82) is 0 Å². The van der Waals surface area contributed by atoms with E-state index in [1.54, 1.807) is 0 Å². The summed E-state index contributed by atoms with van der Waals surface area (Å²) in [6.45, 7) is 4.98. The number of aliphatic hydroxyl groups excluding tert-OH is 1. The monoisotopic (exact) mass is 206 g/mol. The molecule has 0 saturated carbocycles. The van der Waals surface area contributed by atoms with Crippen LogP contribution in [0.1, 0.15) is 16.7 Å². The first-order valence-electron chi connectivity index (χ1n) is 5.42. The van der Waals surface area contributed by atoms with E-state index in [-0.39, 0.29) is 6.61 Å². The summed E-state index contributed by atoms with van der Waals surface area (Å²) in [6, 6.07) is 4.25. The van der Waals surface area contributed by atoms with Crippen LogP contribution in [0.3, 0.4) is 0 Å². The van der Waals surface area contributed by atoms with Gasteiger partial charge in [-0.1, -0.05) is 6.07 Å². The van der Waals surface area contributed by atoms with Gasteiger partial charge in [0.25, 0.3) is 0 Å². The highest BCUT2D eigenvalue weighted by atomic mass is 16.3. The fourth-order valence-electron chi connectivity index (χ4n) is 2.29. The molecule has 2 rings (SSSR count). The molecule has 1 aliphatic heterocycles. The van der Waals surface area contributed by atoms with Crippen molar-refractivity contribution in [3.63, 3.8) is 0 Å². The zero-order valence-electron chi connectivity index (χ0n) is 9.16. The Morgan fingerprint density at radius 1 is 1.47 bits per heavy atom. The van der Waals surface area contributed by atoms with E-state index in [0.29, 0.717) is 0 Å². The highest BCUT2D eigenvalue weighted by molar-refractivity contribution is 5.54. The minimum atomic E-state index is 0.233. The molecular weight excluding hydrogens is 188 g/mol. The molecule has 3 nitrogen and oxygen atoms in total. The van der Waals surface area contributed by atoms with Crippen LogP contribution in [0.15, 0.2) is 12.1 Å². The number of rotatable bonds is 2. The normalized spacial score (nSPS) is 16.4. The highest BCUT2D eigenvalue weighted by Gasteiger charge is 2.17. The predicted octanol–water partition coefficient (Wildman–Crippen LogP) is 0.928. The van der Waals surface area contributed by atoms with Crippen molar-refractivity contribution in [2.45, 2.75) is 19.9 Å². The summed E-state index contributed by atoms with van der Waals surface area (Å²) in [5.41, 5.74) is 10.8. The third kappa shape index (κ3) is 2.13. The van der Waals surface area contributed by atoms with Gasteiger partial charge in [-0.2, -0.15) is 0 Å². The molecule has 0 amide bonds. The van der Waals surface area contributed by atoms with Gasteiger partial charge in [0, 0.05) is 25.3 Å². The number of nitrogens with zero attached hydrogens (tertiary/aromatic N) is 1. The van der Waals surface area contributed by atoms with Crippen LogP contribution in [-0.2, 0) is 13.0 Å². The molecule has 15 heavy (non-hydrogen) atoms. The molecule has 82 valence electrons. The summed E-state index contributed by atoms with van der Waals surface area (Å²) >= 11 is 0. The third-order valence-corrected chi connectivity index (χ3v) is 3.01. The summed E-state index contributed by atoms with van der Waals surface area (Å²) in [5.74, 6) is 0. The number of β-amino-alcohol motifs (C(OH)–C–C–N with tert-alkyl or cyclic N) is 1. The van der Waals surface area contributed by atoms with Crippen LogP contribution in [0, 0.1) is 6.92 Å². The van der Waals surface area contributed by atoms with Crippen molar-refractivity contribution in [1.82, 2.24) is 4.90 Å². The maximum atomic E-state index is 8.91. The molecule has 1 aromatic carbocycles. The van der Waals surface area contributed by atoms with Gasteiger partial charge in [0.2, 0.25) is 0 Å². The van der Waals surface area contributed by atoms with Gasteiger partial charge >= 0.3 is 0 Å². The van der Waals surface area contributed by atoms with Gasteiger partial charge in [-0.25, -0.2) is 0 Å². The van der Waals surface area contributed by atoms with Gasteiger partial charge in [-0.15, -0.1) is 0 Å². The Kier molecular flexibility index (Phi) is 2.93. The van der Waals surface area contributed by atoms with Gasteiger partial charge < -0.3 is 10.8 Å². The Balaban J connectivity index is 2.25. The molecular formula is C12H18N2O. The Morgan fingerprint density at radius 3 is 3.00 bits per heavy atom. The largest absolute Gasteiger partial charge is 0.398 e. The van der Waals surface area contributed by atoms with Crippen molar-refractivity contribution >= 4 is 5.69 Å². The molecule has 3 N–H and O–H groups in total. The first-order valence-corrected chi connectivity index (χ1v) is 5.42. The molecule has 0 unspecified atom stereocenters. The molecule has 0 fully saturated rings. The quantitative estimate of drug-likeness (QED) is 0.708. The lowest BCUT2D eigenvalue weighted by molar-refractivity contribution is 0.184. The summed E-state index contributed by atoms with van der Waals surface area (Å²) in [6.07, 6.45) is 1.00. The zero-order valence-corrected chi connectivity index (χ0v) is 9.16. The predicted molar refractivity (Wildman–Crippen MR) is 61.7 cm³/mol. The molecule has 1 aromatic rings. The molecule has 0 spiro atoms. The lowest BCUT2D eigenvalue weighted by Crippen LogP contribution is -2.33. The van der Waals surface area contributed by atoms with Crippen LogP contribution in [0.2, 0.25) is 0 Å². The number of nitrogens with two attached hydrogens (primary N) is 1. The number of hydrogen-bond acceptors (Lipinski definition) is 3. The fourth-order valence-corrected chi connectivity index (χ4v) is 2.29. The topological polar surface area (TPSA) is 49.5 Å². The number of hydrogen-bond donors (Lipinski definition) is 2. The standard InChI is InChI=1S/C12H18N2O/c1-9-6-10-8-14(4-5-15)3-2-11(10)12(13)7-9/h6-7,15H,2-5,8,13H2,1H3.